The first-order chi connectivity index (χ1) is 12.9. The Hall–Kier alpha value is -2.33. The van der Waals surface area contributed by atoms with Gasteiger partial charge in [0.1, 0.15) is 11.8 Å². The van der Waals surface area contributed by atoms with Gasteiger partial charge in [-0.3, -0.25) is 4.79 Å². The summed E-state index contributed by atoms with van der Waals surface area (Å²) in [6.45, 7) is 6.97. The van der Waals surface area contributed by atoms with Crippen molar-refractivity contribution in [3.05, 3.63) is 65.2 Å². The molecule has 2 rings (SSSR count). The van der Waals surface area contributed by atoms with Crippen LogP contribution in [0.4, 0.5) is 0 Å². The van der Waals surface area contributed by atoms with Crippen molar-refractivity contribution < 1.29 is 14.4 Å². The second-order valence-corrected chi connectivity index (χ2v) is 7.75. The van der Waals surface area contributed by atoms with Gasteiger partial charge in [-0.1, -0.05) is 56.3 Å². The zero-order valence-electron chi connectivity index (χ0n) is 17.2. The van der Waals surface area contributed by atoms with E-state index in [1.807, 2.05) is 19.1 Å². The van der Waals surface area contributed by atoms with E-state index in [1.165, 1.54) is 10.5 Å². The van der Waals surface area contributed by atoms with Crippen LogP contribution in [0.1, 0.15) is 36.5 Å². The van der Waals surface area contributed by atoms with Gasteiger partial charge in [-0.25, -0.2) is 0 Å². The number of hydrogen-bond donors (Lipinski definition) is 2. The Labute approximate surface area is 163 Å². The summed E-state index contributed by atoms with van der Waals surface area (Å²) in [4.78, 5) is 13.6. The summed E-state index contributed by atoms with van der Waals surface area (Å²) in [5.74, 6) is 1.08. The zero-order valence-corrected chi connectivity index (χ0v) is 17.2. The maximum absolute atomic E-state index is 12.3. The number of carbonyl (C=O) groups is 1. The van der Waals surface area contributed by atoms with E-state index in [4.69, 9.17) is 4.74 Å². The summed E-state index contributed by atoms with van der Waals surface area (Å²) in [5.41, 5.74) is 3.55. The molecular weight excluding hydrogens is 336 g/mol. The molecule has 0 saturated carbocycles. The zero-order chi connectivity index (χ0) is 19.8. The van der Waals surface area contributed by atoms with Gasteiger partial charge in [0, 0.05) is 6.42 Å². The second kappa shape index (κ2) is 10.1. The fourth-order valence-electron chi connectivity index (χ4n) is 3.05. The van der Waals surface area contributed by atoms with Gasteiger partial charge < -0.3 is 15.0 Å². The molecule has 0 aromatic heterocycles. The number of likely N-dealkylation sites (N-methyl/N-ethyl adjacent to an activating group) is 1. The van der Waals surface area contributed by atoms with Crippen LogP contribution in [0.5, 0.6) is 5.75 Å². The molecule has 0 heterocycles. The van der Waals surface area contributed by atoms with E-state index in [1.54, 1.807) is 0 Å². The predicted molar refractivity (Wildman–Crippen MR) is 111 cm³/mol. The Morgan fingerprint density at radius 1 is 1.11 bits per heavy atom. The number of benzene rings is 2. The Bertz CT molecular complexity index is 726. The van der Waals surface area contributed by atoms with Crippen molar-refractivity contribution in [1.29, 1.82) is 0 Å². The second-order valence-electron chi connectivity index (χ2n) is 7.75. The van der Waals surface area contributed by atoms with E-state index in [2.05, 4.69) is 69.7 Å². The molecule has 27 heavy (non-hydrogen) atoms. The van der Waals surface area contributed by atoms with Crippen LogP contribution in [-0.2, 0) is 11.2 Å². The lowest BCUT2D eigenvalue weighted by Crippen LogP contribution is -3.11. The molecule has 0 radical (unpaired) electrons. The Balaban J connectivity index is 1.88. The van der Waals surface area contributed by atoms with Gasteiger partial charge >= 0.3 is 0 Å². The maximum atomic E-state index is 12.3. The molecule has 4 nitrogen and oxygen atoms in total. The minimum Gasteiger partial charge on any atom is -0.483 e. The van der Waals surface area contributed by atoms with E-state index in [0.29, 0.717) is 18.5 Å². The first-order valence-electron chi connectivity index (χ1n) is 9.70. The lowest BCUT2D eigenvalue weighted by atomic mass is 10.0. The van der Waals surface area contributed by atoms with Crippen LogP contribution in [0.15, 0.2) is 48.5 Å². The van der Waals surface area contributed by atoms with Crippen LogP contribution in [0, 0.1) is 6.92 Å². The van der Waals surface area contributed by atoms with Gasteiger partial charge in [0.05, 0.1) is 20.6 Å². The van der Waals surface area contributed by atoms with Gasteiger partial charge in [-0.2, -0.15) is 0 Å². The summed E-state index contributed by atoms with van der Waals surface area (Å²) < 4.78 is 5.83. The highest BCUT2D eigenvalue weighted by Crippen LogP contribution is 2.27. The minimum atomic E-state index is -0.0782. The number of amides is 1. The van der Waals surface area contributed by atoms with Crippen molar-refractivity contribution in [2.24, 2.45) is 0 Å². The first kappa shape index (κ1) is 21.0. The topological polar surface area (TPSA) is 42.8 Å². The molecule has 0 aliphatic rings. The highest BCUT2D eigenvalue weighted by Gasteiger charge is 2.17. The number of hydrogen-bond acceptors (Lipinski definition) is 2. The fourth-order valence-corrected chi connectivity index (χ4v) is 3.05. The van der Waals surface area contributed by atoms with Gasteiger partial charge in [0.25, 0.3) is 5.91 Å². The number of nitrogens with one attached hydrogen (secondary N) is 2. The molecule has 2 N–H and O–H groups in total. The summed E-state index contributed by atoms with van der Waals surface area (Å²) >= 11 is 0. The molecule has 0 aliphatic carbocycles. The molecule has 0 bridgehead atoms. The summed E-state index contributed by atoms with van der Waals surface area (Å²) in [5, 5.41) is 3.03. The van der Waals surface area contributed by atoms with Gasteiger partial charge in [-0.05, 0) is 35.6 Å². The minimum absolute atomic E-state index is 0.0456. The van der Waals surface area contributed by atoms with Crippen molar-refractivity contribution in [3.63, 3.8) is 0 Å². The normalized spacial score (nSPS) is 12.3. The number of carbonyl (C=O) groups excluding carboxylic acids is 1. The highest BCUT2D eigenvalue weighted by atomic mass is 16.5. The monoisotopic (exact) mass is 369 g/mol. The third-order valence-electron chi connectivity index (χ3n) is 4.84. The van der Waals surface area contributed by atoms with Crippen LogP contribution >= 0.6 is 0 Å². The molecular formula is C23H33N2O2+. The smallest absolute Gasteiger partial charge is 0.258 e. The lowest BCUT2D eigenvalue weighted by molar-refractivity contribution is -0.884. The number of ether oxygens (including phenoxy) is 1. The lowest BCUT2D eigenvalue weighted by Gasteiger charge is -2.22. The molecule has 1 atom stereocenters. The third-order valence-corrected chi connectivity index (χ3v) is 4.84. The SMILES string of the molecule is Cc1ccc(C(C)C)c(OCC(=O)NC[C@H](Cc2ccccc2)[NH+](C)C)c1. The molecule has 0 unspecified atom stereocenters. The van der Waals surface area contributed by atoms with Crippen molar-refractivity contribution >= 4 is 5.91 Å². The average Bonchev–Trinajstić information content (AvgIpc) is 2.63. The molecule has 0 saturated heterocycles. The third kappa shape index (κ3) is 6.72. The van der Waals surface area contributed by atoms with Crippen LogP contribution in [-0.4, -0.2) is 39.2 Å². The molecule has 0 spiro atoms. The molecule has 4 heteroatoms. The predicted octanol–water partition coefficient (Wildman–Crippen LogP) is 2.37. The summed E-state index contributed by atoms with van der Waals surface area (Å²) in [6.07, 6.45) is 0.930. The van der Waals surface area contributed by atoms with Crippen LogP contribution in [0.2, 0.25) is 0 Å². The van der Waals surface area contributed by atoms with Gasteiger partial charge in [0.15, 0.2) is 6.61 Å². The molecule has 146 valence electrons. The van der Waals surface area contributed by atoms with Gasteiger partial charge in [0.2, 0.25) is 0 Å². The number of quaternary nitrogens is 1. The van der Waals surface area contributed by atoms with Crippen molar-refractivity contribution in [2.75, 3.05) is 27.2 Å². The Morgan fingerprint density at radius 3 is 2.44 bits per heavy atom. The Morgan fingerprint density at radius 2 is 1.81 bits per heavy atom. The molecule has 1 amide bonds. The van der Waals surface area contributed by atoms with E-state index < -0.39 is 0 Å². The number of rotatable bonds is 9. The summed E-state index contributed by atoms with van der Waals surface area (Å²) in [7, 11) is 4.25. The quantitative estimate of drug-likeness (QED) is 0.713. The first-order valence-corrected chi connectivity index (χ1v) is 9.70. The Kier molecular flexibility index (Phi) is 7.86. The van der Waals surface area contributed by atoms with Crippen molar-refractivity contribution in [2.45, 2.75) is 39.2 Å². The van der Waals surface area contributed by atoms with Crippen LogP contribution in [0.3, 0.4) is 0 Å². The van der Waals surface area contributed by atoms with Crippen LogP contribution < -0.4 is 15.0 Å². The van der Waals surface area contributed by atoms with Gasteiger partial charge in [-0.15, -0.1) is 0 Å². The van der Waals surface area contributed by atoms with E-state index in [9.17, 15) is 4.79 Å². The standard InChI is InChI=1S/C23H32N2O2/c1-17(2)21-12-11-18(3)13-22(21)27-16-23(26)24-15-20(25(4)5)14-19-9-7-6-8-10-19/h6-13,17,20H,14-16H2,1-5H3,(H,24,26)/p+1/t20-/m0/s1. The molecule has 0 aliphatic heterocycles. The van der Waals surface area contributed by atoms with E-state index in [-0.39, 0.29) is 12.5 Å². The van der Waals surface area contributed by atoms with E-state index >= 15 is 0 Å². The largest absolute Gasteiger partial charge is 0.483 e. The molecule has 2 aromatic carbocycles. The molecule has 2 aromatic rings. The maximum Gasteiger partial charge on any atom is 0.258 e. The fraction of sp³-hybridized carbons (Fsp3) is 0.435. The van der Waals surface area contributed by atoms with E-state index in [0.717, 1.165) is 23.3 Å². The van der Waals surface area contributed by atoms with Crippen LogP contribution in [0.25, 0.3) is 0 Å². The van der Waals surface area contributed by atoms with Crippen molar-refractivity contribution in [1.82, 2.24) is 5.32 Å². The number of aryl methyl sites for hydroxylation is 1. The molecule has 0 fully saturated rings. The van der Waals surface area contributed by atoms with Crippen molar-refractivity contribution in [3.8, 4) is 5.75 Å². The highest BCUT2D eigenvalue weighted by molar-refractivity contribution is 5.77. The average molecular weight is 370 g/mol. The summed E-state index contributed by atoms with van der Waals surface area (Å²) in [6, 6.07) is 16.9.